The summed E-state index contributed by atoms with van der Waals surface area (Å²) in [6.07, 6.45) is -0.135. The molecule has 0 aliphatic rings. The molecule has 0 bridgehead atoms. The van der Waals surface area contributed by atoms with E-state index in [4.69, 9.17) is 11.5 Å². The van der Waals surface area contributed by atoms with Crippen LogP contribution in [0.5, 0.6) is 0 Å². The van der Waals surface area contributed by atoms with Crippen LogP contribution in [0.3, 0.4) is 0 Å². The molecule has 0 spiro atoms. The third kappa shape index (κ3) is 3.84. The zero-order valence-corrected chi connectivity index (χ0v) is 11.7. The molecule has 0 aliphatic heterocycles. The highest BCUT2D eigenvalue weighted by atomic mass is 16.1. The van der Waals surface area contributed by atoms with Crippen LogP contribution in [-0.2, 0) is 13.1 Å². The molecule has 2 aromatic carbocycles. The summed E-state index contributed by atoms with van der Waals surface area (Å²) in [7, 11) is 0. The topological polar surface area (TPSA) is 86.2 Å². The molecule has 4 heteroatoms. The fourth-order valence-corrected chi connectivity index (χ4v) is 2.00. The normalized spacial score (nSPS) is 10.4. The highest BCUT2D eigenvalue weighted by molar-refractivity contribution is 6.13. The van der Waals surface area contributed by atoms with Crippen molar-refractivity contribution >= 4 is 11.6 Å². The first-order chi connectivity index (χ1) is 10.1. The molecule has 0 heterocycles. The van der Waals surface area contributed by atoms with Crippen LogP contribution >= 0.6 is 0 Å². The second-order valence-corrected chi connectivity index (χ2v) is 4.83. The molecule has 0 aromatic heterocycles. The maximum absolute atomic E-state index is 12.1. The van der Waals surface area contributed by atoms with Crippen LogP contribution in [0, 0.1) is 0 Å². The average Bonchev–Trinajstić information content (AvgIpc) is 2.55. The van der Waals surface area contributed by atoms with Crippen molar-refractivity contribution in [3.05, 3.63) is 70.8 Å². The van der Waals surface area contributed by atoms with E-state index in [1.165, 1.54) is 0 Å². The van der Waals surface area contributed by atoms with E-state index in [1.54, 1.807) is 48.5 Å². The van der Waals surface area contributed by atoms with Crippen molar-refractivity contribution in [2.45, 2.75) is 19.5 Å². The molecule has 0 fully saturated rings. The molecule has 0 unspecified atom stereocenters. The van der Waals surface area contributed by atoms with Gasteiger partial charge in [-0.2, -0.15) is 0 Å². The zero-order chi connectivity index (χ0) is 15.2. The lowest BCUT2D eigenvalue weighted by molar-refractivity contribution is 0.0894. The molecule has 0 saturated carbocycles. The Balaban J connectivity index is 2.05. The molecule has 4 nitrogen and oxygen atoms in total. The van der Waals surface area contributed by atoms with Crippen molar-refractivity contribution in [3.63, 3.8) is 0 Å². The summed E-state index contributed by atoms with van der Waals surface area (Å²) in [5.74, 6) is -0.377. The molecule has 0 saturated heterocycles. The number of nitrogens with two attached hydrogens (primary N) is 2. The van der Waals surface area contributed by atoms with Gasteiger partial charge in [0.25, 0.3) is 0 Å². The Morgan fingerprint density at radius 3 is 1.29 bits per heavy atom. The fraction of sp³-hybridized carbons (Fsp3) is 0.176. The summed E-state index contributed by atoms with van der Waals surface area (Å²) in [6, 6.07) is 14.0. The minimum absolute atomic E-state index is 0.135. The molecule has 21 heavy (non-hydrogen) atoms. The van der Waals surface area contributed by atoms with Gasteiger partial charge >= 0.3 is 0 Å². The van der Waals surface area contributed by atoms with E-state index in [1.807, 2.05) is 0 Å². The highest BCUT2D eigenvalue weighted by Crippen LogP contribution is 2.11. The number of hydrogen-bond donors (Lipinski definition) is 2. The molecular weight excluding hydrogens is 264 g/mol. The molecule has 0 atom stereocenters. The van der Waals surface area contributed by atoms with Crippen LogP contribution < -0.4 is 11.5 Å². The monoisotopic (exact) mass is 282 g/mol. The van der Waals surface area contributed by atoms with E-state index >= 15 is 0 Å². The number of carbonyl (C=O) groups excluding carboxylic acids is 2. The number of ketones is 2. The number of carbonyl (C=O) groups is 2. The molecule has 4 N–H and O–H groups in total. The summed E-state index contributed by atoms with van der Waals surface area (Å²) in [5.41, 5.74) is 14.0. The first-order valence-corrected chi connectivity index (χ1v) is 6.78. The Morgan fingerprint density at radius 1 is 0.667 bits per heavy atom. The minimum Gasteiger partial charge on any atom is -0.326 e. The number of rotatable bonds is 6. The largest absolute Gasteiger partial charge is 0.326 e. The summed E-state index contributed by atoms with van der Waals surface area (Å²) in [5, 5.41) is 0. The van der Waals surface area contributed by atoms with E-state index in [2.05, 4.69) is 0 Å². The van der Waals surface area contributed by atoms with Crippen LogP contribution in [0.4, 0.5) is 0 Å². The Labute approximate surface area is 123 Å². The van der Waals surface area contributed by atoms with E-state index < -0.39 is 0 Å². The summed E-state index contributed by atoms with van der Waals surface area (Å²) < 4.78 is 0. The van der Waals surface area contributed by atoms with Crippen molar-refractivity contribution in [3.8, 4) is 0 Å². The van der Waals surface area contributed by atoms with Gasteiger partial charge in [0.2, 0.25) is 0 Å². The molecule has 0 amide bonds. The van der Waals surface area contributed by atoms with Crippen molar-refractivity contribution in [2.75, 3.05) is 0 Å². The third-order valence-corrected chi connectivity index (χ3v) is 3.34. The SMILES string of the molecule is NCc1ccc(C(=O)CC(=O)c2ccc(CN)cc2)cc1. The van der Waals surface area contributed by atoms with Crippen molar-refractivity contribution in [1.82, 2.24) is 0 Å². The molecule has 2 rings (SSSR count). The van der Waals surface area contributed by atoms with Gasteiger partial charge in [-0.05, 0) is 11.1 Å². The Morgan fingerprint density at radius 2 is 1.00 bits per heavy atom. The van der Waals surface area contributed by atoms with E-state index in [9.17, 15) is 9.59 Å². The van der Waals surface area contributed by atoms with Crippen LogP contribution in [0.1, 0.15) is 38.3 Å². The van der Waals surface area contributed by atoms with Gasteiger partial charge in [0, 0.05) is 24.2 Å². The summed E-state index contributed by atoms with van der Waals surface area (Å²) in [4.78, 5) is 24.2. The smallest absolute Gasteiger partial charge is 0.170 e. The standard InChI is InChI=1S/C17H18N2O2/c18-10-12-1-5-14(6-2-12)16(20)9-17(21)15-7-3-13(11-19)4-8-15/h1-8H,9-11,18-19H2. The predicted molar refractivity (Wildman–Crippen MR) is 81.9 cm³/mol. The number of benzene rings is 2. The highest BCUT2D eigenvalue weighted by Gasteiger charge is 2.13. The lowest BCUT2D eigenvalue weighted by atomic mass is 10.00. The minimum atomic E-state index is -0.188. The first-order valence-electron chi connectivity index (χ1n) is 6.78. The second-order valence-electron chi connectivity index (χ2n) is 4.83. The van der Waals surface area contributed by atoms with E-state index in [0.29, 0.717) is 24.2 Å². The van der Waals surface area contributed by atoms with Crippen LogP contribution in [0.15, 0.2) is 48.5 Å². The Kier molecular flexibility index (Phi) is 4.98. The molecule has 108 valence electrons. The zero-order valence-electron chi connectivity index (χ0n) is 11.7. The van der Waals surface area contributed by atoms with Crippen LogP contribution in [0.2, 0.25) is 0 Å². The molecular formula is C17H18N2O2. The van der Waals surface area contributed by atoms with Crippen molar-refractivity contribution < 1.29 is 9.59 Å². The van der Waals surface area contributed by atoms with Gasteiger partial charge in [-0.15, -0.1) is 0 Å². The maximum Gasteiger partial charge on any atom is 0.170 e. The number of hydrogen-bond acceptors (Lipinski definition) is 4. The van der Waals surface area contributed by atoms with Gasteiger partial charge in [0.1, 0.15) is 0 Å². The van der Waals surface area contributed by atoms with Crippen molar-refractivity contribution in [1.29, 1.82) is 0 Å². The Hall–Kier alpha value is -2.30. The maximum atomic E-state index is 12.1. The average molecular weight is 282 g/mol. The quantitative estimate of drug-likeness (QED) is 0.627. The lowest BCUT2D eigenvalue weighted by Crippen LogP contribution is -2.09. The van der Waals surface area contributed by atoms with Gasteiger partial charge in [0.15, 0.2) is 11.6 Å². The van der Waals surface area contributed by atoms with Gasteiger partial charge < -0.3 is 11.5 Å². The van der Waals surface area contributed by atoms with Gasteiger partial charge in [-0.25, -0.2) is 0 Å². The third-order valence-electron chi connectivity index (χ3n) is 3.34. The van der Waals surface area contributed by atoms with Gasteiger partial charge in [0.05, 0.1) is 6.42 Å². The summed E-state index contributed by atoms with van der Waals surface area (Å²) >= 11 is 0. The summed E-state index contributed by atoms with van der Waals surface area (Å²) in [6.45, 7) is 0.863. The molecule has 2 aromatic rings. The van der Waals surface area contributed by atoms with Crippen LogP contribution in [0.25, 0.3) is 0 Å². The molecule has 0 radical (unpaired) electrons. The van der Waals surface area contributed by atoms with Crippen LogP contribution in [-0.4, -0.2) is 11.6 Å². The van der Waals surface area contributed by atoms with E-state index in [-0.39, 0.29) is 18.0 Å². The van der Waals surface area contributed by atoms with Gasteiger partial charge in [-0.3, -0.25) is 9.59 Å². The molecule has 0 aliphatic carbocycles. The number of Topliss-reactive ketones (excluding diaryl/α,β-unsaturated/α-hetero) is 2. The van der Waals surface area contributed by atoms with Crippen molar-refractivity contribution in [2.24, 2.45) is 11.5 Å². The second kappa shape index (κ2) is 6.92. The lowest BCUT2D eigenvalue weighted by Gasteiger charge is -2.04. The van der Waals surface area contributed by atoms with Gasteiger partial charge in [-0.1, -0.05) is 48.5 Å². The Bertz CT molecular complexity index is 573. The van der Waals surface area contributed by atoms with E-state index in [0.717, 1.165) is 11.1 Å². The predicted octanol–water partition coefficient (Wildman–Crippen LogP) is 2.06. The first kappa shape index (κ1) is 15.1. The fourth-order valence-electron chi connectivity index (χ4n) is 2.00.